The average Bonchev–Trinajstić information content (AvgIpc) is 1.82. The normalized spacial score (nSPS) is 11.6. The van der Waals surface area contributed by atoms with E-state index in [2.05, 4.69) is 15.0 Å². The van der Waals surface area contributed by atoms with Crippen LogP contribution in [0.1, 0.15) is 26.6 Å². The molecule has 1 aromatic rings. The second-order valence-electron chi connectivity index (χ2n) is 3.63. The predicted molar refractivity (Wildman–Crippen MR) is 47.4 cm³/mol. The molecule has 1 aromatic heterocycles. The van der Waals surface area contributed by atoms with Crippen molar-refractivity contribution in [2.45, 2.75) is 26.2 Å². The summed E-state index contributed by atoms with van der Waals surface area (Å²) < 4.78 is 0. The van der Waals surface area contributed by atoms with E-state index in [9.17, 15) is 0 Å². The summed E-state index contributed by atoms with van der Waals surface area (Å²) in [6.07, 6.45) is 0. The third kappa shape index (κ3) is 1.81. The van der Waals surface area contributed by atoms with Crippen molar-refractivity contribution in [3.05, 3.63) is 5.82 Å². The number of rotatable bonds is 0. The van der Waals surface area contributed by atoms with Crippen molar-refractivity contribution in [3.8, 4) is 0 Å². The van der Waals surface area contributed by atoms with Gasteiger partial charge in [-0.25, -0.2) is 0 Å². The Morgan fingerprint density at radius 2 is 1.33 bits per heavy atom. The maximum atomic E-state index is 5.41. The SMILES string of the molecule is CC(C)(C)c1nc(N)nc(N)n1. The Labute approximate surface area is 71.2 Å². The first-order valence-corrected chi connectivity index (χ1v) is 3.67. The topological polar surface area (TPSA) is 90.7 Å². The summed E-state index contributed by atoms with van der Waals surface area (Å²) in [7, 11) is 0. The predicted octanol–water partition coefficient (Wildman–Crippen LogP) is 0.333. The van der Waals surface area contributed by atoms with Gasteiger partial charge in [-0.05, 0) is 0 Å². The van der Waals surface area contributed by atoms with Crippen LogP contribution in [0.3, 0.4) is 0 Å². The number of aromatic nitrogens is 3. The van der Waals surface area contributed by atoms with Crippen molar-refractivity contribution in [1.82, 2.24) is 15.0 Å². The lowest BCUT2D eigenvalue weighted by Gasteiger charge is -2.15. The number of anilines is 2. The summed E-state index contributed by atoms with van der Waals surface area (Å²) in [5.41, 5.74) is 10.7. The summed E-state index contributed by atoms with van der Waals surface area (Å²) in [5, 5.41) is 0. The van der Waals surface area contributed by atoms with Crippen LogP contribution >= 0.6 is 0 Å². The third-order valence-electron chi connectivity index (χ3n) is 1.34. The average molecular weight is 167 g/mol. The van der Waals surface area contributed by atoms with Gasteiger partial charge in [0.15, 0.2) is 0 Å². The Kier molecular flexibility index (Phi) is 1.87. The first-order chi connectivity index (χ1) is 5.39. The summed E-state index contributed by atoms with van der Waals surface area (Å²) >= 11 is 0. The zero-order valence-electron chi connectivity index (χ0n) is 7.50. The van der Waals surface area contributed by atoms with E-state index in [1.807, 2.05) is 20.8 Å². The van der Waals surface area contributed by atoms with Gasteiger partial charge in [0.05, 0.1) is 0 Å². The molecule has 0 amide bonds. The molecule has 0 atom stereocenters. The molecule has 0 aliphatic rings. The number of nitrogen functional groups attached to an aromatic ring is 2. The monoisotopic (exact) mass is 167 g/mol. The second-order valence-corrected chi connectivity index (χ2v) is 3.63. The van der Waals surface area contributed by atoms with Crippen molar-refractivity contribution in [1.29, 1.82) is 0 Å². The van der Waals surface area contributed by atoms with E-state index < -0.39 is 0 Å². The molecule has 0 saturated heterocycles. The third-order valence-corrected chi connectivity index (χ3v) is 1.34. The van der Waals surface area contributed by atoms with E-state index in [0.29, 0.717) is 5.82 Å². The lowest BCUT2D eigenvalue weighted by atomic mass is 9.96. The van der Waals surface area contributed by atoms with Gasteiger partial charge in [-0.15, -0.1) is 0 Å². The van der Waals surface area contributed by atoms with E-state index in [1.165, 1.54) is 0 Å². The van der Waals surface area contributed by atoms with Crippen molar-refractivity contribution >= 4 is 11.9 Å². The van der Waals surface area contributed by atoms with E-state index in [1.54, 1.807) is 0 Å². The Balaban J connectivity index is 3.18. The Morgan fingerprint density at radius 3 is 1.67 bits per heavy atom. The van der Waals surface area contributed by atoms with Gasteiger partial charge in [0.25, 0.3) is 0 Å². The zero-order chi connectivity index (χ0) is 9.35. The molecule has 0 bridgehead atoms. The van der Waals surface area contributed by atoms with Crippen LogP contribution in [0, 0.1) is 0 Å². The fourth-order valence-electron chi connectivity index (χ4n) is 0.745. The van der Waals surface area contributed by atoms with Crippen LogP contribution in [-0.2, 0) is 5.41 Å². The zero-order valence-corrected chi connectivity index (χ0v) is 7.50. The van der Waals surface area contributed by atoms with Gasteiger partial charge in [0.2, 0.25) is 11.9 Å². The summed E-state index contributed by atoms with van der Waals surface area (Å²) in [5.74, 6) is 0.965. The lowest BCUT2D eigenvalue weighted by molar-refractivity contribution is 0.544. The van der Waals surface area contributed by atoms with Gasteiger partial charge in [-0.1, -0.05) is 20.8 Å². The van der Waals surface area contributed by atoms with Crippen LogP contribution in [0.5, 0.6) is 0 Å². The van der Waals surface area contributed by atoms with Crippen LogP contribution in [0.2, 0.25) is 0 Å². The molecule has 4 N–H and O–H groups in total. The number of hydrogen-bond acceptors (Lipinski definition) is 5. The fourth-order valence-corrected chi connectivity index (χ4v) is 0.745. The molecule has 0 aromatic carbocycles. The molecule has 0 fully saturated rings. The molecule has 0 radical (unpaired) electrons. The highest BCUT2D eigenvalue weighted by Crippen LogP contribution is 2.18. The quantitative estimate of drug-likeness (QED) is 0.581. The van der Waals surface area contributed by atoms with Gasteiger partial charge in [-0.2, -0.15) is 15.0 Å². The molecule has 0 aliphatic heterocycles. The van der Waals surface area contributed by atoms with Crippen LogP contribution in [0.4, 0.5) is 11.9 Å². The molecule has 66 valence electrons. The molecule has 0 unspecified atom stereocenters. The molecule has 1 rings (SSSR count). The highest BCUT2D eigenvalue weighted by Gasteiger charge is 2.18. The molecule has 5 heteroatoms. The first kappa shape index (κ1) is 8.70. The minimum absolute atomic E-state index is 0.148. The molecule has 0 saturated carbocycles. The molecule has 5 nitrogen and oxygen atoms in total. The van der Waals surface area contributed by atoms with Gasteiger partial charge < -0.3 is 11.5 Å². The molecule has 0 spiro atoms. The maximum absolute atomic E-state index is 5.41. The van der Waals surface area contributed by atoms with Gasteiger partial charge in [-0.3, -0.25) is 0 Å². The van der Waals surface area contributed by atoms with Gasteiger partial charge in [0.1, 0.15) is 5.82 Å². The molecule has 0 aliphatic carbocycles. The Morgan fingerprint density at radius 1 is 0.917 bits per heavy atom. The minimum Gasteiger partial charge on any atom is -0.368 e. The summed E-state index contributed by atoms with van der Waals surface area (Å²) in [4.78, 5) is 11.6. The largest absolute Gasteiger partial charge is 0.368 e. The van der Waals surface area contributed by atoms with Crippen molar-refractivity contribution in [2.24, 2.45) is 0 Å². The standard InChI is InChI=1S/C7H13N5/c1-7(2,3)4-10-5(8)12-6(9)11-4/h1-3H3,(H4,8,9,10,11,12). The highest BCUT2D eigenvalue weighted by molar-refractivity contribution is 5.27. The van der Waals surface area contributed by atoms with E-state index in [0.717, 1.165) is 0 Å². The van der Waals surface area contributed by atoms with Gasteiger partial charge in [0, 0.05) is 5.41 Å². The summed E-state index contributed by atoms with van der Waals surface area (Å²) in [6, 6.07) is 0. The van der Waals surface area contributed by atoms with Crippen molar-refractivity contribution in [3.63, 3.8) is 0 Å². The van der Waals surface area contributed by atoms with Crippen LogP contribution in [0.15, 0.2) is 0 Å². The van der Waals surface area contributed by atoms with E-state index in [4.69, 9.17) is 11.5 Å². The van der Waals surface area contributed by atoms with Crippen LogP contribution < -0.4 is 11.5 Å². The van der Waals surface area contributed by atoms with Crippen molar-refractivity contribution in [2.75, 3.05) is 11.5 Å². The smallest absolute Gasteiger partial charge is 0.225 e. The molecular weight excluding hydrogens is 154 g/mol. The number of nitrogens with zero attached hydrogens (tertiary/aromatic N) is 3. The Hall–Kier alpha value is -1.39. The number of hydrogen-bond donors (Lipinski definition) is 2. The number of nitrogens with two attached hydrogens (primary N) is 2. The maximum Gasteiger partial charge on any atom is 0.225 e. The second kappa shape index (κ2) is 2.58. The van der Waals surface area contributed by atoms with Crippen molar-refractivity contribution < 1.29 is 0 Å². The molecular formula is C7H13N5. The summed E-state index contributed by atoms with van der Waals surface area (Å²) in [6.45, 7) is 5.96. The highest BCUT2D eigenvalue weighted by atomic mass is 15.1. The van der Waals surface area contributed by atoms with Gasteiger partial charge >= 0.3 is 0 Å². The lowest BCUT2D eigenvalue weighted by Crippen LogP contribution is -2.19. The van der Waals surface area contributed by atoms with Crippen LogP contribution in [-0.4, -0.2) is 15.0 Å². The van der Waals surface area contributed by atoms with E-state index in [-0.39, 0.29) is 17.3 Å². The minimum atomic E-state index is -0.148. The first-order valence-electron chi connectivity index (χ1n) is 3.67. The molecule has 12 heavy (non-hydrogen) atoms. The van der Waals surface area contributed by atoms with E-state index >= 15 is 0 Å². The van der Waals surface area contributed by atoms with Crippen LogP contribution in [0.25, 0.3) is 0 Å². The Bertz CT molecular complexity index is 268. The molecule has 1 heterocycles. The fraction of sp³-hybridized carbons (Fsp3) is 0.571.